The van der Waals surface area contributed by atoms with Crippen LogP contribution < -0.4 is 0 Å². The lowest BCUT2D eigenvalue weighted by atomic mass is 9.89. The Bertz CT molecular complexity index is 461. The zero-order chi connectivity index (χ0) is 16.3. The Morgan fingerprint density at radius 3 is 1.90 bits per heavy atom. The molecule has 0 aliphatic heterocycles. The van der Waals surface area contributed by atoms with E-state index in [0.717, 1.165) is 0 Å². The molecule has 1 atom stereocenters. The molecule has 2 heteroatoms. The number of benzene rings is 1. The van der Waals surface area contributed by atoms with Crippen LogP contribution in [0, 0.1) is 5.41 Å². The van der Waals surface area contributed by atoms with Crippen molar-refractivity contribution >= 4 is 14.4 Å². The zero-order valence-electron chi connectivity index (χ0n) is 15.0. The molecule has 0 saturated heterocycles. The first-order valence-corrected chi connectivity index (χ1v) is 10.8. The summed E-state index contributed by atoms with van der Waals surface area (Å²) in [6, 6.07) is 10.4. The van der Waals surface area contributed by atoms with E-state index >= 15 is 0 Å². The molecule has 1 nitrogen and oxygen atoms in total. The van der Waals surface area contributed by atoms with E-state index in [0.29, 0.717) is 0 Å². The smallest absolute Gasteiger partial charge is 0.192 e. The summed E-state index contributed by atoms with van der Waals surface area (Å²) in [7, 11) is -1.77. The van der Waals surface area contributed by atoms with Crippen LogP contribution in [0.25, 0.3) is 6.08 Å². The van der Waals surface area contributed by atoms with Crippen LogP contribution in [-0.4, -0.2) is 14.4 Å². The van der Waals surface area contributed by atoms with Gasteiger partial charge in [-0.2, -0.15) is 0 Å². The average Bonchev–Trinajstić information content (AvgIpc) is 2.33. The summed E-state index contributed by atoms with van der Waals surface area (Å²) in [6.07, 6.45) is 4.55. The van der Waals surface area contributed by atoms with Gasteiger partial charge >= 0.3 is 0 Å². The van der Waals surface area contributed by atoms with Gasteiger partial charge in [-0.25, -0.2) is 0 Å². The van der Waals surface area contributed by atoms with Crippen LogP contribution in [-0.2, 0) is 4.43 Å². The predicted octanol–water partition coefficient (Wildman–Crippen LogP) is 6.14. The highest BCUT2D eigenvalue weighted by molar-refractivity contribution is 6.74. The highest BCUT2D eigenvalue weighted by Gasteiger charge is 2.40. The lowest BCUT2D eigenvalue weighted by Gasteiger charge is -2.42. The molecule has 0 fully saturated rings. The molecule has 0 aromatic heterocycles. The molecule has 0 saturated carbocycles. The fraction of sp³-hybridized carbons (Fsp3) is 0.579. The molecule has 0 radical (unpaired) electrons. The van der Waals surface area contributed by atoms with Gasteiger partial charge in [-0.15, -0.1) is 0 Å². The van der Waals surface area contributed by atoms with Gasteiger partial charge in [0.25, 0.3) is 0 Å². The highest BCUT2D eigenvalue weighted by atomic mass is 28.4. The van der Waals surface area contributed by atoms with E-state index in [1.54, 1.807) is 0 Å². The maximum absolute atomic E-state index is 6.64. The van der Waals surface area contributed by atoms with Gasteiger partial charge < -0.3 is 4.43 Å². The summed E-state index contributed by atoms with van der Waals surface area (Å²) >= 11 is 0. The Hall–Kier alpha value is -0.863. The first kappa shape index (κ1) is 18.2. The fourth-order valence-electron chi connectivity index (χ4n) is 1.76. The van der Waals surface area contributed by atoms with Gasteiger partial charge in [-0.1, -0.05) is 84.0 Å². The Morgan fingerprint density at radius 1 is 0.952 bits per heavy atom. The predicted molar refractivity (Wildman–Crippen MR) is 97.0 cm³/mol. The summed E-state index contributed by atoms with van der Waals surface area (Å²) in [5.41, 5.74) is 1.33. The monoisotopic (exact) mass is 304 g/mol. The number of rotatable bonds is 4. The Kier molecular flexibility index (Phi) is 5.62. The third kappa shape index (κ3) is 5.44. The van der Waals surface area contributed by atoms with Gasteiger partial charge in [-0.3, -0.25) is 0 Å². The van der Waals surface area contributed by atoms with E-state index < -0.39 is 8.32 Å². The molecule has 0 amide bonds. The van der Waals surface area contributed by atoms with Crippen molar-refractivity contribution in [1.82, 2.24) is 0 Å². The van der Waals surface area contributed by atoms with Crippen molar-refractivity contribution in [3.05, 3.63) is 42.0 Å². The van der Waals surface area contributed by atoms with Crippen molar-refractivity contribution in [3.8, 4) is 0 Å². The first-order chi connectivity index (χ1) is 9.43. The Morgan fingerprint density at radius 2 is 1.48 bits per heavy atom. The highest BCUT2D eigenvalue weighted by Crippen LogP contribution is 2.40. The number of hydrogen-bond donors (Lipinski definition) is 0. The van der Waals surface area contributed by atoms with E-state index in [1.807, 2.05) is 6.07 Å². The lowest BCUT2D eigenvalue weighted by molar-refractivity contribution is 0.114. The first-order valence-electron chi connectivity index (χ1n) is 7.84. The van der Waals surface area contributed by atoms with E-state index in [1.165, 1.54) is 5.56 Å². The molecular formula is C19H32OSi. The molecule has 0 aliphatic carbocycles. The van der Waals surface area contributed by atoms with Crippen LogP contribution in [0.2, 0.25) is 18.1 Å². The minimum Gasteiger partial charge on any atom is -0.410 e. The largest absolute Gasteiger partial charge is 0.410 e. The summed E-state index contributed by atoms with van der Waals surface area (Å²) in [5.74, 6) is 0. The van der Waals surface area contributed by atoms with Crippen LogP contribution in [0.15, 0.2) is 36.4 Å². The summed E-state index contributed by atoms with van der Waals surface area (Å²) in [4.78, 5) is 0. The van der Waals surface area contributed by atoms with Gasteiger partial charge in [0.2, 0.25) is 0 Å². The molecule has 0 N–H and O–H groups in total. The molecule has 1 aromatic rings. The van der Waals surface area contributed by atoms with Crippen molar-refractivity contribution in [3.63, 3.8) is 0 Å². The van der Waals surface area contributed by atoms with Gasteiger partial charge in [0.1, 0.15) is 0 Å². The Labute approximate surface area is 132 Å². The van der Waals surface area contributed by atoms with E-state index in [2.05, 4.69) is 91.1 Å². The molecule has 0 unspecified atom stereocenters. The molecule has 1 aromatic carbocycles. The van der Waals surface area contributed by atoms with E-state index in [9.17, 15) is 0 Å². The topological polar surface area (TPSA) is 9.23 Å². The lowest BCUT2D eigenvalue weighted by Crippen LogP contribution is -2.46. The normalized spacial score (nSPS) is 15.4. The maximum atomic E-state index is 6.64. The van der Waals surface area contributed by atoms with Gasteiger partial charge in [0, 0.05) is 0 Å². The van der Waals surface area contributed by atoms with Gasteiger partial charge in [-0.05, 0) is 29.1 Å². The second-order valence-corrected chi connectivity index (χ2v) is 13.2. The quantitative estimate of drug-likeness (QED) is 0.607. The van der Waals surface area contributed by atoms with Crippen molar-refractivity contribution in [2.75, 3.05) is 0 Å². The summed E-state index contributed by atoms with van der Waals surface area (Å²) in [6.45, 7) is 18.3. The van der Waals surface area contributed by atoms with Crippen molar-refractivity contribution < 1.29 is 4.43 Å². The van der Waals surface area contributed by atoms with Gasteiger partial charge in [0.05, 0.1) is 6.10 Å². The molecule has 0 bridgehead atoms. The minimum absolute atomic E-state index is 0.0980. The van der Waals surface area contributed by atoms with E-state index in [-0.39, 0.29) is 16.6 Å². The Balaban J connectivity index is 2.96. The molecule has 1 rings (SSSR count). The zero-order valence-corrected chi connectivity index (χ0v) is 16.0. The molecular weight excluding hydrogens is 272 g/mol. The SMILES string of the molecule is CC(C)(C)[C@@H](/C=C/c1ccccc1)O[Si](C)(C)C(C)(C)C. The maximum Gasteiger partial charge on any atom is 0.192 e. The van der Waals surface area contributed by atoms with Crippen LogP contribution in [0.1, 0.15) is 47.1 Å². The minimum atomic E-state index is -1.77. The number of hydrogen-bond acceptors (Lipinski definition) is 1. The van der Waals surface area contributed by atoms with Crippen LogP contribution in [0.4, 0.5) is 0 Å². The van der Waals surface area contributed by atoms with Crippen LogP contribution in [0.3, 0.4) is 0 Å². The fourth-order valence-corrected chi connectivity index (χ4v) is 3.18. The molecule has 118 valence electrons. The summed E-state index contributed by atoms with van der Waals surface area (Å²) in [5, 5.41) is 0.233. The summed E-state index contributed by atoms with van der Waals surface area (Å²) < 4.78 is 6.64. The van der Waals surface area contributed by atoms with Crippen LogP contribution in [0.5, 0.6) is 0 Å². The molecule has 0 spiro atoms. The third-order valence-corrected chi connectivity index (χ3v) is 8.80. The van der Waals surface area contributed by atoms with Crippen molar-refractivity contribution in [1.29, 1.82) is 0 Å². The van der Waals surface area contributed by atoms with E-state index in [4.69, 9.17) is 4.43 Å². The molecule has 0 aliphatic rings. The van der Waals surface area contributed by atoms with Crippen molar-refractivity contribution in [2.45, 2.75) is 65.8 Å². The third-order valence-electron chi connectivity index (χ3n) is 4.34. The average molecular weight is 305 g/mol. The molecule has 0 heterocycles. The standard InChI is InChI=1S/C19H32OSi/c1-18(2,3)17(20-21(7,8)19(4,5)6)15-14-16-12-10-9-11-13-16/h9-15,17H,1-8H3/b15-14+/t17-/m1/s1. The van der Waals surface area contributed by atoms with Gasteiger partial charge in [0.15, 0.2) is 8.32 Å². The second-order valence-electron chi connectivity index (χ2n) is 8.43. The van der Waals surface area contributed by atoms with Crippen molar-refractivity contribution in [2.24, 2.45) is 5.41 Å². The molecule has 21 heavy (non-hydrogen) atoms. The second kappa shape index (κ2) is 6.49. The van der Waals surface area contributed by atoms with Crippen LogP contribution >= 0.6 is 0 Å².